The number of carbonyl (C=O) groups excluding carboxylic acids is 1. The molecule has 4 nitrogen and oxygen atoms in total. The van der Waals surface area contributed by atoms with Gasteiger partial charge in [0.05, 0.1) is 7.11 Å². The van der Waals surface area contributed by atoms with Gasteiger partial charge in [-0.05, 0) is 30.3 Å². The molecule has 17 heavy (non-hydrogen) atoms. The van der Waals surface area contributed by atoms with Crippen LogP contribution in [0.25, 0.3) is 11.3 Å². The molecule has 0 fully saturated rings. The highest BCUT2D eigenvalue weighted by Crippen LogP contribution is 2.32. The first-order valence-corrected chi connectivity index (χ1v) is 5.10. The van der Waals surface area contributed by atoms with E-state index in [-0.39, 0.29) is 11.5 Å². The average molecular weight is 232 g/mol. The molecule has 0 aliphatic carbocycles. The summed E-state index contributed by atoms with van der Waals surface area (Å²) in [6.07, 6.45) is 0. The number of methoxy groups -OCH3 is 1. The van der Waals surface area contributed by atoms with Gasteiger partial charge in [0.1, 0.15) is 5.76 Å². The van der Waals surface area contributed by atoms with Gasteiger partial charge in [0, 0.05) is 12.5 Å². The Hall–Kier alpha value is -2.23. The molecule has 1 aromatic carbocycles. The predicted molar refractivity (Wildman–Crippen MR) is 62.4 cm³/mol. The first kappa shape index (κ1) is 11.3. The average Bonchev–Trinajstić information content (AvgIpc) is 2.79. The zero-order valence-electron chi connectivity index (χ0n) is 9.56. The fraction of sp³-hybridized carbons (Fsp3) is 0.154. The summed E-state index contributed by atoms with van der Waals surface area (Å²) in [7, 11) is 1.47. The fourth-order valence-corrected chi connectivity index (χ4v) is 1.51. The van der Waals surface area contributed by atoms with Crippen molar-refractivity contribution >= 4 is 5.78 Å². The maximum absolute atomic E-state index is 11.1. The standard InChI is InChI=1S/C13H12O4/c1-8(14)11-5-6-12(17-11)9-3-4-10(15)13(7-9)16-2/h3-7,15H,1-2H3. The lowest BCUT2D eigenvalue weighted by Crippen LogP contribution is -1.86. The molecule has 1 aromatic heterocycles. The van der Waals surface area contributed by atoms with Crippen molar-refractivity contribution in [2.45, 2.75) is 6.92 Å². The molecule has 2 aromatic rings. The summed E-state index contributed by atoms with van der Waals surface area (Å²) in [4.78, 5) is 11.1. The summed E-state index contributed by atoms with van der Waals surface area (Å²) in [5.74, 6) is 1.18. The van der Waals surface area contributed by atoms with Crippen LogP contribution in [0.4, 0.5) is 0 Å². The van der Waals surface area contributed by atoms with Crippen LogP contribution in [-0.2, 0) is 0 Å². The van der Waals surface area contributed by atoms with E-state index >= 15 is 0 Å². The van der Waals surface area contributed by atoms with E-state index in [0.717, 1.165) is 5.56 Å². The summed E-state index contributed by atoms with van der Waals surface area (Å²) < 4.78 is 10.4. The molecule has 0 unspecified atom stereocenters. The van der Waals surface area contributed by atoms with Gasteiger partial charge in [0.15, 0.2) is 23.0 Å². The molecule has 1 N–H and O–H groups in total. The van der Waals surface area contributed by atoms with Crippen LogP contribution in [0.5, 0.6) is 11.5 Å². The summed E-state index contributed by atoms with van der Waals surface area (Å²) in [5, 5.41) is 9.47. The van der Waals surface area contributed by atoms with Gasteiger partial charge in [-0.2, -0.15) is 0 Å². The zero-order valence-corrected chi connectivity index (χ0v) is 9.56. The minimum Gasteiger partial charge on any atom is -0.504 e. The Morgan fingerprint density at radius 1 is 1.29 bits per heavy atom. The van der Waals surface area contributed by atoms with Crippen LogP contribution in [0.3, 0.4) is 0 Å². The van der Waals surface area contributed by atoms with Crippen LogP contribution >= 0.6 is 0 Å². The van der Waals surface area contributed by atoms with E-state index in [1.165, 1.54) is 20.1 Å². The Labute approximate surface area is 98.4 Å². The van der Waals surface area contributed by atoms with Gasteiger partial charge in [-0.1, -0.05) is 0 Å². The number of phenols is 1. The number of ketones is 1. The third-order valence-electron chi connectivity index (χ3n) is 2.42. The number of hydrogen-bond acceptors (Lipinski definition) is 4. The maximum atomic E-state index is 11.1. The van der Waals surface area contributed by atoms with Crippen molar-refractivity contribution in [1.29, 1.82) is 0 Å². The van der Waals surface area contributed by atoms with Gasteiger partial charge in [-0.15, -0.1) is 0 Å². The van der Waals surface area contributed by atoms with Crippen molar-refractivity contribution in [1.82, 2.24) is 0 Å². The number of ether oxygens (including phenoxy) is 1. The maximum Gasteiger partial charge on any atom is 0.194 e. The number of furan rings is 1. The lowest BCUT2D eigenvalue weighted by atomic mass is 10.1. The number of benzene rings is 1. The van der Waals surface area contributed by atoms with E-state index in [1.54, 1.807) is 24.3 Å². The second-order valence-corrected chi connectivity index (χ2v) is 3.61. The molecule has 1 heterocycles. The molecule has 0 amide bonds. The smallest absolute Gasteiger partial charge is 0.194 e. The minimum absolute atomic E-state index is 0.0644. The van der Waals surface area contributed by atoms with Gasteiger partial charge in [0.25, 0.3) is 0 Å². The molecular formula is C13H12O4. The van der Waals surface area contributed by atoms with Crippen molar-refractivity contribution in [3.05, 3.63) is 36.1 Å². The fourth-order valence-electron chi connectivity index (χ4n) is 1.51. The van der Waals surface area contributed by atoms with Crippen molar-refractivity contribution in [3.8, 4) is 22.8 Å². The molecule has 0 saturated carbocycles. The van der Waals surface area contributed by atoms with E-state index in [9.17, 15) is 9.90 Å². The van der Waals surface area contributed by atoms with E-state index in [1.807, 2.05) is 0 Å². The van der Waals surface area contributed by atoms with Crippen molar-refractivity contribution in [2.75, 3.05) is 7.11 Å². The monoisotopic (exact) mass is 232 g/mol. The predicted octanol–water partition coefficient (Wildman–Crippen LogP) is 2.86. The quantitative estimate of drug-likeness (QED) is 0.826. The Kier molecular flexibility index (Phi) is 2.87. The van der Waals surface area contributed by atoms with E-state index < -0.39 is 0 Å². The van der Waals surface area contributed by atoms with Crippen LogP contribution < -0.4 is 4.74 Å². The second-order valence-electron chi connectivity index (χ2n) is 3.61. The van der Waals surface area contributed by atoms with Gasteiger partial charge < -0.3 is 14.3 Å². The Bertz CT molecular complexity index is 554. The number of carbonyl (C=O) groups is 1. The molecular weight excluding hydrogens is 220 g/mol. The third kappa shape index (κ3) is 2.15. The Balaban J connectivity index is 2.42. The van der Waals surface area contributed by atoms with Crippen molar-refractivity contribution in [3.63, 3.8) is 0 Å². The SMILES string of the molecule is COc1cc(-c2ccc(C(C)=O)o2)ccc1O. The van der Waals surface area contributed by atoms with Crippen molar-refractivity contribution < 1.29 is 19.1 Å². The highest BCUT2D eigenvalue weighted by Gasteiger charge is 2.10. The number of phenolic OH excluding ortho intramolecular Hbond substituents is 1. The van der Waals surface area contributed by atoms with Gasteiger partial charge >= 0.3 is 0 Å². The molecule has 88 valence electrons. The Morgan fingerprint density at radius 2 is 2.06 bits per heavy atom. The molecule has 0 aliphatic heterocycles. The first-order chi connectivity index (χ1) is 8.11. The van der Waals surface area contributed by atoms with Crippen LogP contribution in [0.15, 0.2) is 34.7 Å². The van der Waals surface area contributed by atoms with E-state index in [0.29, 0.717) is 17.3 Å². The van der Waals surface area contributed by atoms with E-state index in [4.69, 9.17) is 9.15 Å². The number of rotatable bonds is 3. The summed E-state index contributed by atoms with van der Waals surface area (Å²) in [6, 6.07) is 8.20. The topological polar surface area (TPSA) is 59.7 Å². The van der Waals surface area contributed by atoms with Crippen LogP contribution in [0.1, 0.15) is 17.5 Å². The van der Waals surface area contributed by atoms with Crippen LogP contribution in [0.2, 0.25) is 0 Å². The van der Waals surface area contributed by atoms with Gasteiger partial charge in [-0.3, -0.25) is 4.79 Å². The third-order valence-corrected chi connectivity index (χ3v) is 2.42. The molecule has 0 aliphatic rings. The zero-order chi connectivity index (χ0) is 12.4. The van der Waals surface area contributed by atoms with Crippen LogP contribution in [-0.4, -0.2) is 18.0 Å². The van der Waals surface area contributed by atoms with E-state index in [2.05, 4.69) is 0 Å². The summed E-state index contributed by atoms with van der Waals surface area (Å²) in [6.45, 7) is 1.44. The number of aromatic hydroxyl groups is 1. The van der Waals surface area contributed by atoms with Crippen molar-refractivity contribution in [2.24, 2.45) is 0 Å². The number of hydrogen-bond donors (Lipinski definition) is 1. The second kappa shape index (κ2) is 4.33. The molecule has 4 heteroatoms. The molecule has 0 bridgehead atoms. The number of Topliss-reactive ketones (excluding diaryl/α,β-unsaturated/α-hetero) is 1. The lowest BCUT2D eigenvalue weighted by molar-refractivity contribution is 0.0988. The molecule has 0 saturated heterocycles. The largest absolute Gasteiger partial charge is 0.504 e. The highest BCUT2D eigenvalue weighted by molar-refractivity contribution is 5.91. The van der Waals surface area contributed by atoms with Gasteiger partial charge in [-0.25, -0.2) is 0 Å². The van der Waals surface area contributed by atoms with Crippen LogP contribution in [0, 0.1) is 0 Å². The molecule has 2 rings (SSSR count). The van der Waals surface area contributed by atoms with Gasteiger partial charge in [0.2, 0.25) is 0 Å². The first-order valence-electron chi connectivity index (χ1n) is 5.10. The minimum atomic E-state index is -0.123. The summed E-state index contributed by atoms with van der Waals surface area (Å²) in [5.41, 5.74) is 0.743. The highest BCUT2D eigenvalue weighted by atomic mass is 16.5. The normalized spacial score (nSPS) is 10.2. The lowest BCUT2D eigenvalue weighted by Gasteiger charge is -2.04. The molecule has 0 radical (unpaired) electrons. The summed E-state index contributed by atoms with van der Waals surface area (Å²) >= 11 is 0. The Morgan fingerprint density at radius 3 is 2.65 bits per heavy atom. The molecule has 0 spiro atoms. The molecule has 0 atom stereocenters.